The number of nitrogens with one attached hydrogen (secondary N) is 1. The molecule has 1 aromatic rings. The van der Waals surface area contributed by atoms with Gasteiger partial charge in [0.2, 0.25) is 0 Å². The molecule has 34 heavy (non-hydrogen) atoms. The zero-order valence-corrected chi connectivity index (χ0v) is 21.5. The Morgan fingerprint density at radius 2 is 1.59 bits per heavy atom. The molecule has 0 bridgehead atoms. The van der Waals surface area contributed by atoms with Crippen molar-refractivity contribution in [1.29, 1.82) is 0 Å². The minimum atomic E-state index is -0.944. The van der Waals surface area contributed by atoms with Crippen molar-refractivity contribution in [2.75, 3.05) is 19.7 Å². The van der Waals surface area contributed by atoms with Gasteiger partial charge in [-0.15, -0.1) is 0 Å². The number of carbonyl (C=O) groups is 2. The van der Waals surface area contributed by atoms with Crippen molar-refractivity contribution in [2.24, 2.45) is 0 Å². The van der Waals surface area contributed by atoms with Crippen molar-refractivity contribution in [3.05, 3.63) is 29.8 Å². The number of carboxylic acid groups (broad SMARTS) is 1. The summed E-state index contributed by atoms with van der Waals surface area (Å²) in [5.41, 5.74) is 0.910. The SMILES string of the molecule is CCC(C)OC(=O)CCCCCCCNCCCOc1ccc(CC(OC(C)C)C(=O)O)cc1. The van der Waals surface area contributed by atoms with Crippen LogP contribution in [0.1, 0.15) is 84.6 Å². The van der Waals surface area contributed by atoms with Gasteiger partial charge in [-0.3, -0.25) is 4.79 Å². The van der Waals surface area contributed by atoms with Crippen LogP contribution in [-0.4, -0.2) is 55.1 Å². The van der Waals surface area contributed by atoms with Crippen LogP contribution in [0.25, 0.3) is 0 Å². The molecule has 0 aliphatic heterocycles. The fraction of sp³-hybridized carbons (Fsp3) is 0.704. The van der Waals surface area contributed by atoms with E-state index >= 15 is 0 Å². The van der Waals surface area contributed by atoms with E-state index < -0.39 is 12.1 Å². The number of hydrogen-bond donors (Lipinski definition) is 2. The third-order valence-corrected chi connectivity index (χ3v) is 5.46. The molecule has 7 nitrogen and oxygen atoms in total. The summed E-state index contributed by atoms with van der Waals surface area (Å²) in [4.78, 5) is 22.9. The van der Waals surface area contributed by atoms with E-state index in [4.69, 9.17) is 14.2 Å². The van der Waals surface area contributed by atoms with Crippen LogP contribution in [0.15, 0.2) is 24.3 Å². The third kappa shape index (κ3) is 14.9. The largest absolute Gasteiger partial charge is 0.494 e. The van der Waals surface area contributed by atoms with Crippen LogP contribution in [0.4, 0.5) is 0 Å². The highest BCUT2D eigenvalue weighted by Gasteiger charge is 2.20. The summed E-state index contributed by atoms with van der Waals surface area (Å²) in [6.45, 7) is 10.1. The first kappa shape index (κ1) is 29.9. The van der Waals surface area contributed by atoms with Gasteiger partial charge >= 0.3 is 11.9 Å². The van der Waals surface area contributed by atoms with E-state index in [9.17, 15) is 14.7 Å². The summed E-state index contributed by atoms with van der Waals surface area (Å²) in [6, 6.07) is 7.53. The standard InChI is InChI=1S/C27H45NO6/c1-5-22(4)34-26(29)12-9-7-6-8-10-17-28-18-11-19-32-24-15-13-23(14-16-24)20-25(27(30)31)33-21(2)3/h13-16,21-22,25,28H,5-12,17-20H2,1-4H3,(H,30,31). The molecule has 0 saturated heterocycles. The Morgan fingerprint density at radius 3 is 2.24 bits per heavy atom. The average Bonchev–Trinajstić information content (AvgIpc) is 2.79. The molecule has 0 aliphatic carbocycles. The number of aliphatic carboxylic acids is 1. The first-order valence-electron chi connectivity index (χ1n) is 12.8. The van der Waals surface area contributed by atoms with Crippen molar-refractivity contribution in [2.45, 2.75) is 104 Å². The number of esters is 1. The Balaban J connectivity index is 2.02. The molecule has 1 rings (SSSR count). The summed E-state index contributed by atoms with van der Waals surface area (Å²) in [5, 5.41) is 12.7. The maximum atomic E-state index is 11.6. The van der Waals surface area contributed by atoms with Gasteiger partial charge in [0.15, 0.2) is 6.10 Å². The van der Waals surface area contributed by atoms with Crippen molar-refractivity contribution < 1.29 is 28.9 Å². The lowest BCUT2D eigenvalue weighted by atomic mass is 10.1. The van der Waals surface area contributed by atoms with Crippen LogP contribution in [0.2, 0.25) is 0 Å². The predicted octanol–water partition coefficient (Wildman–Crippen LogP) is 5.15. The zero-order valence-electron chi connectivity index (χ0n) is 21.5. The quantitative estimate of drug-likeness (QED) is 0.197. The number of benzene rings is 1. The normalized spacial score (nSPS) is 13.0. The van der Waals surface area contributed by atoms with E-state index in [2.05, 4.69) is 5.32 Å². The third-order valence-electron chi connectivity index (χ3n) is 5.46. The topological polar surface area (TPSA) is 94.1 Å². The lowest BCUT2D eigenvalue weighted by Crippen LogP contribution is -2.29. The molecular formula is C27H45NO6. The second-order valence-electron chi connectivity index (χ2n) is 9.04. The first-order chi connectivity index (χ1) is 16.3. The second kappa shape index (κ2) is 18.2. The number of unbranched alkanes of at least 4 members (excludes halogenated alkanes) is 4. The molecule has 2 unspecified atom stereocenters. The Morgan fingerprint density at radius 1 is 0.941 bits per heavy atom. The molecule has 0 fully saturated rings. The van der Waals surface area contributed by atoms with Gasteiger partial charge in [-0.05, 0) is 77.2 Å². The molecule has 0 aromatic heterocycles. The maximum absolute atomic E-state index is 11.6. The van der Waals surface area contributed by atoms with Crippen LogP contribution in [-0.2, 0) is 25.5 Å². The van der Waals surface area contributed by atoms with Gasteiger partial charge in [0, 0.05) is 12.8 Å². The lowest BCUT2D eigenvalue weighted by Gasteiger charge is -2.16. The maximum Gasteiger partial charge on any atom is 0.333 e. The minimum absolute atomic E-state index is 0.0260. The van der Waals surface area contributed by atoms with E-state index in [1.54, 1.807) is 0 Å². The molecule has 0 spiro atoms. The lowest BCUT2D eigenvalue weighted by molar-refractivity contribution is -0.153. The number of ether oxygens (including phenoxy) is 3. The molecule has 194 valence electrons. The highest BCUT2D eigenvalue weighted by Crippen LogP contribution is 2.15. The van der Waals surface area contributed by atoms with Crippen LogP contribution in [0.5, 0.6) is 5.75 Å². The van der Waals surface area contributed by atoms with Crippen molar-refractivity contribution in [3.8, 4) is 5.75 Å². The minimum Gasteiger partial charge on any atom is -0.494 e. The fourth-order valence-corrected chi connectivity index (χ4v) is 3.39. The Hall–Kier alpha value is -2.12. The van der Waals surface area contributed by atoms with Crippen molar-refractivity contribution >= 4 is 11.9 Å². The molecule has 0 aliphatic rings. The summed E-state index contributed by atoms with van der Waals surface area (Å²) in [5.74, 6) is -0.230. The highest BCUT2D eigenvalue weighted by atomic mass is 16.5. The molecule has 0 amide bonds. The molecule has 7 heteroatoms. The smallest absolute Gasteiger partial charge is 0.333 e. The average molecular weight is 480 g/mol. The van der Waals surface area contributed by atoms with E-state index in [0.29, 0.717) is 19.4 Å². The molecule has 2 N–H and O–H groups in total. The summed E-state index contributed by atoms with van der Waals surface area (Å²) in [6.07, 6.45) is 7.14. The van der Waals surface area contributed by atoms with Gasteiger partial charge in [-0.2, -0.15) is 0 Å². The highest BCUT2D eigenvalue weighted by molar-refractivity contribution is 5.72. The number of carbonyl (C=O) groups excluding carboxylic acids is 1. The van der Waals surface area contributed by atoms with Crippen LogP contribution < -0.4 is 10.1 Å². The van der Waals surface area contributed by atoms with Gasteiger partial charge in [-0.25, -0.2) is 4.79 Å². The Bertz CT molecular complexity index is 676. The van der Waals surface area contributed by atoms with Crippen LogP contribution >= 0.6 is 0 Å². The van der Waals surface area contributed by atoms with Crippen molar-refractivity contribution in [3.63, 3.8) is 0 Å². The molecular weight excluding hydrogens is 434 g/mol. The summed E-state index contributed by atoms with van der Waals surface area (Å²) >= 11 is 0. The molecule has 2 atom stereocenters. The summed E-state index contributed by atoms with van der Waals surface area (Å²) < 4.78 is 16.5. The van der Waals surface area contributed by atoms with Crippen LogP contribution in [0.3, 0.4) is 0 Å². The number of hydrogen-bond acceptors (Lipinski definition) is 6. The van der Waals surface area contributed by atoms with Crippen molar-refractivity contribution in [1.82, 2.24) is 5.32 Å². The Labute approximate surface area is 205 Å². The van der Waals surface area contributed by atoms with E-state index in [1.165, 1.54) is 6.42 Å². The molecule has 1 aromatic carbocycles. The molecule has 0 saturated carbocycles. The summed E-state index contributed by atoms with van der Waals surface area (Å²) in [7, 11) is 0. The van der Waals surface area contributed by atoms with Gasteiger partial charge in [0.1, 0.15) is 5.75 Å². The van der Waals surface area contributed by atoms with Gasteiger partial charge < -0.3 is 24.6 Å². The van der Waals surface area contributed by atoms with Crippen LogP contribution in [0, 0.1) is 0 Å². The van der Waals surface area contributed by atoms with Gasteiger partial charge in [-0.1, -0.05) is 38.3 Å². The number of rotatable bonds is 20. The fourth-order valence-electron chi connectivity index (χ4n) is 3.39. The Kier molecular flexibility index (Phi) is 16.0. The second-order valence-corrected chi connectivity index (χ2v) is 9.04. The van der Waals surface area contributed by atoms with E-state index in [-0.39, 0.29) is 18.2 Å². The van der Waals surface area contributed by atoms with Gasteiger partial charge in [0.05, 0.1) is 18.8 Å². The van der Waals surface area contributed by atoms with E-state index in [1.807, 2.05) is 52.0 Å². The molecule has 0 heterocycles. The monoisotopic (exact) mass is 479 g/mol. The zero-order chi connectivity index (χ0) is 25.2. The number of carboxylic acids is 1. The predicted molar refractivity (Wildman–Crippen MR) is 134 cm³/mol. The van der Waals surface area contributed by atoms with E-state index in [0.717, 1.165) is 62.9 Å². The molecule has 0 radical (unpaired) electrons. The first-order valence-corrected chi connectivity index (χ1v) is 12.8. The van der Waals surface area contributed by atoms with Gasteiger partial charge in [0.25, 0.3) is 0 Å².